The van der Waals surface area contributed by atoms with Crippen LogP contribution in [0.5, 0.6) is 0 Å². The molecule has 2 aliphatic rings. The fourth-order valence-electron chi connectivity index (χ4n) is 5.32. The highest BCUT2D eigenvalue weighted by Crippen LogP contribution is 2.44. The molecule has 0 radical (unpaired) electrons. The Balaban J connectivity index is 1.20. The van der Waals surface area contributed by atoms with E-state index in [-0.39, 0.29) is 43.7 Å². The number of carbonyl (C=O) groups is 3. The van der Waals surface area contributed by atoms with Crippen LogP contribution in [0.2, 0.25) is 0 Å². The summed E-state index contributed by atoms with van der Waals surface area (Å²) in [4.78, 5) is 35.6. The first-order valence-electron chi connectivity index (χ1n) is 12.1. The fourth-order valence-corrected chi connectivity index (χ4v) is 5.32. The van der Waals surface area contributed by atoms with Crippen LogP contribution in [0.3, 0.4) is 0 Å². The SMILES string of the molecule is O=C(O)CC(CNC(=O)CCNC(=O)OCC1c2ccccc2-c2ccccc21)C1CCCC1. The zero-order valence-electron chi connectivity index (χ0n) is 19.3. The maximum Gasteiger partial charge on any atom is 0.407 e. The van der Waals surface area contributed by atoms with Gasteiger partial charge in [0.05, 0.1) is 6.42 Å². The number of amides is 2. The summed E-state index contributed by atoms with van der Waals surface area (Å²) in [5.74, 6) is -0.729. The first kappa shape index (κ1) is 23.8. The molecule has 1 fully saturated rings. The van der Waals surface area contributed by atoms with Crippen LogP contribution in [0.1, 0.15) is 55.6 Å². The van der Waals surface area contributed by atoms with Crippen molar-refractivity contribution >= 4 is 18.0 Å². The van der Waals surface area contributed by atoms with Gasteiger partial charge >= 0.3 is 12.1 Å². The second kappa shape index (κ2) is 11.2. The predicted octanol–water partition coefficient (Wildman–Crippen LogP) is 4.31. The summed E-state index contributed by atoms with van der Waals surface area (Å²) in [6.07, 6.45) is 3.94. The van der Waals surface area contributed by atoms with E-state index in [4.69, 9.17) is 4.74 Å². The molecule has 0 aromatic heterocycles. The maximum absolute atomic E-state index is 12.2. The van der Waals surface area contributed by atoms with Crippen molar-refractivity contribution in [1.82, 2.24) is 10.6 Å². The smallest absolute Gasteiger partial charge is 0.407 e. The van der Waals surface area contributed by atoms with E-state index in [1.165, 1.54) is 11.1 Å². The van der Waals surface area contributed by atoms with E-state index in [1.54, 1.807) is 0 Å². The second-order valence-corrected chi connectivity index (χ2v) is 9.21. The molecule has 0 aliphatic heterocycles. The van der Waals surface area contributed by atoms with E-state index in [0.717, 1.165) is 36.8 Å². The van der Waals surface area contributed by atoms with Gasteiger partial charge in [-0.3, -0.25) is 9.59 Å². The summed E-state index contributed by atoms with van der Waals surface area (Å²) in [5, 5.41) is 14.7. The number of nitrogens with one attached hydrogen (secondary N) is 2. The minimum atomic E-state index is -0.830. The molecule has 1 saturated carbocycles. The standard InChI is InChI=1S/C27H32N2O5/c30-25(29-16-19(15-26(31)32)18-7-1-2-8-18)13-14-28-27(33)34-17-24-22-11-5-3-9-20(22)21-10-4-6-12-23(21)24/h3-6,9-12,18-19,24H,1-2,7-8,13-17H2,(H,28,33)(H,29,30)(H,31,32). The molecule has 2 aromatic rings. The van der Waals surface area contributed by atoms with Gasteiger partial charge in [0.25, 0.3) is 0 Å². The molecule has 0 spiro atoms. The number of fused-ring (bicyclic) bond motifs is 3. The first-order valence-corrected chi connectivity index (χ1v) is 12.1. The number of alkyl carbamates (subject to hydrolysis) is 1. The van der Waals surface area contributed by atoms with E-state index < -0.39 is 12.1 Å². The molecule has 3 N–H and O–H groups in total. The average molecular weight is 465 g/mol. The number of carboxylic acid groups (broad SMARTS) is 1. The van der Waals surface area contributed by atoms with Crippen LogP contribution in [0.25, 0.3) is 11.1 Å². The Morgan fingerprint density at radius 1 is 0.941 bits per heavy atom. The zero-order chi connectivity index (χ0) is 23.9. The van der Waals surface area contributed by atoms with Gasteiger partial charge in [-0.15, -0.1) is 0 Å². The van der Waals surface area contributed by atoms with E-state index >= 15 is 0 Å². The minimum Gasteiger partial charge on any atom is -0.481 e. The van der Waals surface area contributed by atoms with Crippen LogP contribution in [0, 0.1) is 11.8 Å². The van der Waals surface area contributed by atoms with Crippen LogP contribution < -0.4 is 10.6 Å². The van der Waals surface area contributed by atoms with Crippen molar-refractivity contribution < 1.29 is 24.2 Å². The lowest BCUT2D eigenvalue weighted by atomic mass is 9.88. The molecule has 0 heterocycles. The molecule has 2 amide bonds. The third-order valence-corrected chi connectivity index (χ3v) is 7.03. The number of carbonyl (C=O) groups excluding carboxylic acids is 2. The highest BCUT2D eigenvalue weighted by atomic mass is 16.5. The van der Waals surface area contributed by atoms with Gasteiger partial charge in [-0.05, 0) is 34.1 Å². The van der Waals surface area contributed by atoms with Crippen molar-refractivity contribution in [3.8, 4) is 11.1 Å². The Morgan fingerprint density at radius 3 is 2.18 bits per heavy atom. The van der Waals surface area contributed by atoms with Crippen molar-refractivity contribution in [2.24, 2.45) is 11.8 Å². The van der Waals surface area contributed by atoms with Gasteiger partial charge in [-0.25, -0.2) is 4.79 Å². The zero-order valence-corrected chi connectivity index (χ0v) is 19.3. The summed E-state index contributed by atoms with van der Waals surface area (Å²) in [5.41, 5.74) is 4.63. The number of hydrogen-bond donors (Lipinski definition) is 3. The molecule has 2 aliphatic carbocycles. The molecule has 7 nitrogen and oxygen atoms in total. The molecule has 1 unspecified atom stereocenters. The van der Waals surface area contributed by atoms with Gasteiger partial charge in [0, 0.05) is 25.4 Å². The Bertz CT molecular complexity index is 986. The van der Waals surface area contributed by atoms with E-state index in [9.17, 15) is 19.5 Å². The lowest BCUT2D eigenvalue weighted by Crippen LogP contribution is -2.36. The van der Waals surface area contributed by atoms with Crippen LogP contribution in [-0.4, -0.2) is 42.8 Å². The van der Waals surface area contributed by atoms with Gasteiger partial charge in [0.15, 0.2) is 0 Å². The van der Waals surface area contributed by atoms with Gasteiger partial charge in [-0.2, -0.15) is 0 Å². The van der Waals surface area contributed by atoms with Gasteiger partial charge in [0.2, 0.25) is 5.91 Å². The number of aliphatic carboxylic acids is 1. The number of carboxylic acids is 1. The van der Waals surface area contributed by atoms with E-state index in [0.29, 0.717) is 12.5 Å². The molecular weight excluding hydrogens is 432 g/mol. The monoisotopic (exact) mass is 464 g/mol. The Morgan fingerprint density at radius 2 is 1.56 bits per heavy atom. The summed E-state index contributed by atoms with van der Waals surface area (Å²) in [6, 6.07) is 16.3. The summed E-state index contributed by atoms with van der Waals surface area (Å²) in [6.45, 7) is 0.751. The molecule has 2 aromatic carbocycles. The van der Waals surface area contributed by atoms with Crippen molar-refractivity contribution in [3.63, 3.8) is 0 Å². The number of rotatable bonds is 10. The third kappa shape index (κ3) is 5.76. The highest BCUT2D eigenvalue weighted by molar-refractivity contribution is 5.79. The van der Waals surface area contributed by atoms with Crippen molar-refractivity contribution in [2.45, 2.75) is 44.4 Å². The molecule has 1 atom stereocenters. The summed E-state index contributed by atoms with van der Waals surface area (Å²) >= 11 is 0. The molecule has 180 valence electrons. The van der Waals surface area contributed by atoms with Gasteiger partial charge in [0.1, 0.15) is 6.61 Å². The van der Waals surface area contributed by atoms with Crippen LogP contribution >= 0.6 is 0 Å². The van der Waals surface area contributed by atoms with Crippen LogP contribution in [-0.2, 0) is 14.3 Å². The van der Waals surface area contributed by atoms with Gasteiger partial charge in [-0.1, -0.05) is 74.2 Å². The Kier molecular flexibility index (Phi) is 7.83. The van der Waals surface area contributed by atoms with Crippen LogP contribution in [0.4, 0.5) is 4.79 Å². The predicted molar refractivity (Wildman–Crippen MR) is 128 cm³/mol. The molecule has 4 rings (SSSR count). The van der Waals surface area contributed by atoms with Crippen molar-refractivity contribution in [3.05, 3.63) is 59.7 Å². The summed E-state index contributed by atoms with van der Waals surface area (Å²) < 4.78 is 5.48. The third-order valence-electron chi connectivity index (χ3n) is 7.03. The normalized spacial score (nSPS) is 15.9. The maximum atomic E-state index is 12.2. The van der Waals surface area contributed by atoms with E-state index in [1.807, 2.05) is 24.3 Å². The molecule has 34 heavy (non-hydrogen) atoms. The largest absolute Gasteiger partial charge is 0.481 e. The highest BCUT2D eigenvalue weighted by Gasteiger charge is 2.29. The number of benzene rings is 2. The quantitative estimate of drug-likeness (QED) is 0.486. The van der Waals surface area contributed by atoms with Crippen molar-refractivity contribution in [1.29, 1.82) is 0 Å². The van der Waals surface area contributed by atoms with Crippen LogP contribution in [0.15, 0.2) is 48.5 Å². The second-order valence-electron chi connectivity index (χ2n) is 9.21. The average Bonchev–Trinajstić information content (AvgIpc) is 3.47. The number of hydrogen-bond acceptors (Lipinski definition) is 4. The van der Waals surface area contributed by atoms with Gasteiger partial charge < -0.3 is 20.5 Å². The Labute approximate surface area is 199 Å². The lowest BCUT2D eigenvalue weighted by molar-refractivity contribution is -0.138. The molecule has 7 heteroatoms. The lowest BCUT2D eigenvalue weighted by Gasteiger charge is -2.22. The van der Waals surface area contributed by atoms with Crippen molar-refractivity contribution in [2.75, 3.05) is 19.7 Å². The fraction of sp³-hybridized carbons (Fsp3) is 0.444. The molecule has 0 saturated heterocycles. The number of ether oxygens (including phenoxy) is 1. The summed E-state index contributed by atoms with van der Waals surface area (Å²) in [7, 11) is 0. The minimum absolute atomic E-state index is 0.0109. The van der Waals surface area contributed by atoms with E-state index in [2.05, 4.69) is 34.9 Å². The molecular formula is C27H32N2O5. The Hall–Kier alpha value is -3.35. The topological polar surface area (TPSA) is 105 Å². The first-order chi connectivity index (χ1) is 16.5. The molecule has 0 bridgehead atoms.